The van der Waals surface area contributed by atoms with Gasteiger partial charge in [-0.05, 0) is 29.4 Å². The van der Waals surface area contributed by atoms with Crippen molar-refractivity contribution >= 4 is 0 Å². The van der Waals surface area contributed by atoms with Gasteiger partial charge in [-0.1, -0.05) is 38.1 Å². The van der Waals surface area contributed by atoms with Gasteiger partial charge in [-0.15, -0.1) is 0 Å². The molecule has 0 nitrogen and oxygen atoms in total. The van der Waals surface area contributed by atoms with Crippen molar-refractivity contribution in [2.24, 2.45) is 0 Å². The predicted octanol–water partition coefficient (Wildman–Crippen LogP) is 4.71. The lowest BCUT2D eigenvalue weighted by Gasteiger charge is -2.13. The lowest BCUT2D eigenvalue weighted by Crippen LogP contribution is -2.09. The minimum absolute atomic E-state index is 0.0224. The van der Waals surface area contributed by atoms with Gasteiger partial charge < -0.3 is 0 Å². The third-order valence-electron chi connectivity index (χ3n) is 3.45. The second-order valence-electron chi connectivity index (χ2n) is 5.12. The molecule has 1 aromatic carbocycles. The van der Waals surface area contributed by atoms with Crippen molar-refractivity contribution < 1.29 is 8.78 Å². The Balaban J connectivity index is 2.19. The SMILES string of the molecule is CC(C)c1cccc(C2CCC(F)(F)C2)c1. The van der Waals surface area contributed by atoms with Crippen molar-refractivity contribution in [1.29, 1.82) is 0 Å². The Morgan fingerprint density at radius 2 is 2.06 bits per heavy atom. The summed E-state index contributed by atoms with van der Waals surface area (Å²) in [6.07, 6.45) is 0.687. The van der Waals surface area contributed by atoms with Gasteiger partial charge in [0.1, 0.15) is 0 Å². The molecule has 1 fully saturated rings. The molecule has 0 radical (unpaired) electrons. The second kappa shape index (κ2) is 4.15. The van der Waals surface area contributed by atoms with E-state index in [1.165, 1.54) is 5.56 Å². The van der Waals surface area contributed by atoms with Crippen LogP contribution in [0.25, 0.3) is 0 Å². The molecule has 0 aromatic heterocycles. The van der Waals surface area contributed by atoms with Crippen molar-refractivity contribution in [3.8, 4) is 0 Å². The van der Waals surface area contributed by atoms with Crippen LogP contribution in [-0.2, 0) is 0 Å². The number of halogens is 2. The summed E-state index contributed by atoms with van der Waals surface area (Å²) in [5.41, 5.74) is 2.33. The third-order valence-corrected chi connectivity index (χ3v) is 3.45. The van der Waals surface area contributed by atoms with Crippen molar-refractivity contribution in [1.82, 2.24) is 0 Å². The molecular formula is C14H18F2. The molecular weight excluding hydrogens is 206 g/mol. The van der Waals surface area contributed by atoms with Crippen LogP contribution in [0.1, 0.15) is 56.1 Å². The van der Waals surface area contributed by atoms with Crippen molar-refractivity contribution in [3.63, 3.8) is 0 Å². The number of alkyl halides is 2. The molecule has 16 heavy (non-hydrogen) atoms. The van der Waals surface area contributed by atoms with Gasteiger partial charge in [0.15, 0.2) is 0 Å². The van der Waals surface area contributed by atoms with Gasteiger partial charge in [0.2, 0.25) is 5.92 Å². The van der Waals surface area contributed by atoms with Crippen LogP contribution >= 0.6 is 0 Å². The summed E-state index contributed by atoms with van der Waals surface area (Å²) in [6.45, 7) is 4.25. The van der Waals surface area contributed by atoms with E-state index in [9.17, 15) is 8.78 Å². The van der Waals surface area contributed by atoms with E-state index in [4.69, 9.17) is 0 Å². The van der Waals surface area contributed by atoms with Crippen LogP contribution < -0.4 is 0 Å². The monoisotopic (exact) mass is 224 g/mol. The van der Waals surface area contributed by atoms with E-state index in [2.05, 4.69) is 26.0 Å². The molecule has 0 aliphatic heterocycles. The van der Waals surface area contributed by atoms with Gasteiger partial charge in [-0.3, -0.25) is 0 Å². The van der Waals surface area contributed by atoms with Crippen LogP contribution in [0, 0.1) is 0 Å². The molecule has 1 unspecified atom stereocenters. The van der Waals surface area contributed by atoms with Crippen LogP contribution in [0.3, 0.4) is 0 Å². The number of hydrogen-bond acceptors (Lipinski definition) is 0. The lowest BCUT2D eigenvalue weighted by molar-refractivity contribution is 0.00777. The number of benzene rings is 1. The molecule has 0 amide bonds. The topological polar surface area (TPSA) is 0 Å². The maximum absolute atomic E-state index is 13.1. The molecule has 1 aromatic rings. The quantitative estimate of drug-likeness (QED) is 0.682. The molecule has 88 valence electrons. The Labute approximate surface area is 95.7 Å². The molecule has 1 aliphatic rings. The zero-order chi connectivity index (χ0) is 11.8. The van der Waals surface area contributed by atoms with Gasteiger partial charge >= 0.3 is 0 Å². The summed E-state index contributed by atoms with van der Waals surface area (Å²) in [7, 11) is 0. The zero-order valence-electron chi connectivity index (χ0n) is 9.84. The fourth-order valence-electron chi connectivity index (χ4n) is 2.41. The summed E-state index contributed by atoms with van der Waals surface area (Å²) in [6, 6.07) is 8.14. The van der Waals surface area contributed by atoms with Crippen LogP contribution in [0.4, 0.5) is 8.78 Å². The molecule has 0 saturated heterocycles. The molecule has 0 spiro atoms. The van der Waals surface area contributed by atoms with Crippen LogP contribution in [0.5, 0.6) is 0 Å². The Bertz CT molecular complexity index is 369. The average molecular weight is 224 g/mol. The standard InChI is InChI=1S/C14H18F2/c1-10(2)11-4-3-5-12(8-11)13-6-7-14(15,16)9-13/h3-5,8,10,13H,6-7,9H2,1-2H3. The highest BCUT2D eigenvalue weighted by Crippen LogP contribution is 2.44. The molecule has 1 saturated carbocycles. The minimum Gasteiger partial charge on any atom is -0.207 e. The average Bonchev–Trinajstić information content (AvgIpc) is 2.59. The smallest absolute Gasteiger partial charge is 0.207 e. The van der Waals surface area contributed by atoms with E-state index in [1.807, 2.05) is 12.1 Å². The maximum Gasteiger partial charge on any atom is 0.248 e. The first kappa shape index (κ1) is 11.6. The third kappa shape index (κ3) is 2.42. The lowest BCUT2D eigenvalue weighted by atomic mass is 9.93. The minimum atomic E-state index is -2.45. The van der Waals surface area contributed by atoms with Gasteiger partial charge in [-0.25, -0.2) is 8.78 Å². The van der Waals surface area contributed by atoms with Crippen LogP contribution in [0.15, 0.2) is 24.3 Å². The molecule has 0 N–H and O–H groups in total. The summed E-state index contributed by atoms with van der Waals surface area (Å²) >= 11 is 0. The predicted molar refractivity (Wildman–Crippen MR) is 62.1 cm³/mol. The maximum atomic E-state index is 13.1. The van der Waals surface area contributed by atoms with E-state index in [0.717, 1.165) is 5.56 Å². The summed E-state index contributed by atoms with van der Waals surface area (Å²) in [4.78, 5) is 0. The van der Waals surface area contributed by atoms with Gasteiger partial charge in [0.05, 0.1) is 0 Å². The first-order valence-electron chi connectivity index (χ1n) is 5.95. The summed E-state index contributed by atoms with van der Waals surface area (Å²) < 4.78 is 26.3. The number of rotatable bonds is 2. The van der Waals surface area contributed by atoms with Gasteiger partial charge in [-0.2, -0.15) is 0 Å². The molecule has 1 atom stereocenters. The largest absolute Gasteiger partial charge is 0.248 e. The second-order valence-corrected chi connectivity index (χ2v) is 5.12. The van der Waals surface area contributed by atoms with Crippen LogP contribution in [-0.4, -0.2) is 5.92 Å². The van der Waals surface area contributed by atoms with Crippen molar-refractivity contribution in [2.45, 2.75) is 50.9 Å². The molecule has 1 aliphatic carbocycles. The molecule has 0 heterocycles. The normalized spacial score (nSPS) is 23.9. The highest BCUT2D eigenvalue weighted by atomic mass is 19.3. The van der Waals surface area contributed by atoms with E-state index < -0.39 is 5.92 Å². The van der Waals surface area contributed by atoms with E-state index in [0.29, 0.717) is 12.3 Å². The summed E-state index contributed by atoms with van der Waals surface area (Å²) in [5, 5.41) is 0. The van der Waals surface area contributed by atoms with Gasteiger partial charge in [0, 0.05) is 12.8 Å². The van der Waals surface area contributed by atoms with Crippen molar-refractivity contribution in [3.05, 3.63) is 35.4 Å². The highest BCUT2D eigenvalue weighted by molar-refractivity contribution is 5.29. The molecule has 0 bridgehead atoms. The van der Waals surface area contributed by atoms with Gasteiger partial charge in [0.25, 0.3) is 0 Å². The zero-order valence-corrected chi connectivity index (χ0v) is 9.84. The van der Waals surface area contributed by atoms with E-state index in [1.54, 1.807) is 0 Å². The summed E-state index contributed by atoms with van der Waals surface area (Å²) in [5.74, 6) is -1.94. The fraction of sp³-hybridized carbons (Fsp3) is 0.571. The first-order valence-corrected chi connectivity index (χ1v) is 5.95. The Morgan fingerprint density at radius 3 is 2.62 bits per heavy atom. The highest BCUT2D eigenvalue weighted by Gasteiger charge is 2.39. The Kier molecular flexibility index (Phi) is 3.00. The molecule has 2 rings (SSSR count). The van der Waals surface area contributed by atoms with Crippen molar-refractivity contribution in [2.75, 3.05) is 0 Å². The number of hydrogen-bond donors (Lipinski definition) is 0. The fourth-order valence-corrected chi connectivity index (χ4v) is 2.41. The Hall–Kier alpha value is -0.920. The molecule has 2 heteroatoms. The Morgan fingerprint density at radius 1 is 1.31 bits per heavy atom. The van der Waals surface area contributed by atoms with E-state index in [-0.39, 0.29) is 18.8 Å². The van der Waals surface area contributed by atoms with Crippen LogP contribution in [0.2, 0.25) is 0 Å². The van der Waals surface area contributed by atoms with E-state index >= 15 is 0 Å². The first-order chi connectivity index (χ1) is 7.48.